The van der Waals surface area contributed by atoms with E-state index < -0.39 is 5.97 Å². The molecule has 0 saturated carbocycles. The standard InChI is InChI=1S/C22H16Cl2O3/c1-26-21-13-16(8-7-15-5-3-2-4-6-15)9-12-20(21)27-22(25)17-10-11-18(23)19(24)14-17/h2-14H,1H3. The molecule has 0 saturated heterocycles. The van der Waals surface area contributed by atoms with E-state index in [1.54, 1.807) is 24.3 Å². The van der Waals surface area contributed by atoms with Crippen LogP contribution in [0.25, 0.3) is 12.2 Å². The lowest BCUT2D eigenvalue weighted by Gasteiger charge is -2.10. The number of esters is 1. The van der Waals surface area contributed by atoms with Gasteiger partial charge in [-0.1, -0.05) is 71.8 Å². The number of rotatable bonds is 5. The molecule has 0 spiro atoms. The summed E-state index contributed by atoms with van der Waals surface area (Å²) in [6, 6.07) is 19.9. The van der Waals surface area contributed by atoms with Crippen LogP contribution in [0.3, 0.4) is 0 Å². The van der Waals surface area contributed by atoms with Gasteiger partial charge in [0, 0.05) is 0 Å². The molecule has 0 amide bonds. The molecule has 3 aromatic rings. The molecular formula is C22H16Cl2O3. The second-order valence-electron chi connectivity index (χ2n) is 5.67. The summed E-state index contributed by atoms with van der Waals surface area (Å²) < 4.78 is 10.8. The highest BCUT2D eigenvalue weighted by Crippen LogP contribution is 2.30. The number of hydrogen-bond acceptors (Lipinski definition) is 3. The molecule has 3 rings (SSSR count). The van der Waals surface area contributed by atoms with Crippen LogP contribution in [0.1, 0.15) is 21.5 Å². The van der Waals surface area contributed by atoms with Crippen LogP contribution in [-0.4, -0.2) is 13.1 Å². The highest BCUT2D eigenvalue weighted by atomic mass is 35.5. The Labute approximate surface area is 167 Å². The summed E-state index contributed by atoms with van der Waals surface area (Å²) in [6.07, 6.45) is 3.96. The molecule has 0 heterocycles. The number of methoxy groups -OCH3 is 1. The van der Waals surface area contributed by atoms with Crippen molar-refractivity contribution >= 4 is 41.3 Å². The summed E-state index contributed by atoms with van der Waals surface area (Å²) in [4.78, 5) is 12.3. The molecular weight excluding hydrogens is 383 g/mol. The molecule has 3 nitrogen and oxygen atoms in total. The Hall–Kier alpha value is -2.75. The molecule has 0 atom stereocenters. The first-order chi connectivity index (χ1) is 13.1. The average molecular weight is 399 g/mol. The largest absolute Gasteiger partial charge is 0.493 e. The zero-order valence-corrected chi connectivity index (χ0v) is 16.0. The minimum Gasteiger partial charge on any atom is -0.493 e. The molecule has 0 aliphatic rings. The Morgan fingerprint density at radius 2 is 1.56 bits per heavy atom. The van der Waals surface area contributed by atoms with Crippen LogP contribution in [-0.2, 0) is 0 Å². The van der Waals surface area contributed by atoms with Crippen LogP contribution in [0.4, 0.5) is 0 Å². The molecule has 0 aromatic heterocycles. The van der Waals surface area contributed by atoms with E-state index in [4.69, 9.17) is 32.7 Å². The summed E-state index contributed by atoms with van der Waals surface area (Å²) in [5.74, 6) is 0.239. The van der Waals surface area contributed by atoms with Crippen LogP contribution in [0.5, 0.6) is 11.5 Å². The molecule has 136 valence electrons. The van der Waals surface area contributed by atoms with Gasteiger partial charge in [0.05, 0.1) is 22.7 Å². The van der Waals surface area contributed by atoms with Gasteiger partial charge in [0.15, 0.2) is 11.5 Å². The first kappa shape index (κ1) is 19.0. The zero-order valence-electron chi connectivity index (χ0n) is 14.5. The van der Waals surface area contributed by atoms with Crippen LogP contribution < -0.4 is 9.47 Å². The summed E-state index contributed by atoms with van der Waals surface area (Å²) in [6.45, 7) is 0. The van der Waals surface area contributed by atoms with Gasteiger partial charge in [-0.3, -0.25) is 0 Å². The van der Waals surface area contributed by atoms with Gasteiger partial charge >= 0.3 is 5.97 Å². The van der Waals surface area contributed by atoms with E-state index in [0.29, 0.717) is 27.1 Å². The van der Waals surface area contributed by atoms with Crippen LogP contribution in [0.15, 0.2) is 66.7 Å². The Bertz CT molecular complexity index is 982. The topological polar surface area (TPSA) is 35.5 Å². The van der Waals surface area contributed by atoms with Gasteiger partial charge < -0.3 is 9.47 Å². The van der Waals surface area contributed by atoms with Crippen molar-refractivity contribution in [1.29, 1.82) is 0 Å². The van der Waals surface area contributed by atoms with Gasteiger partial charge in [0.2, 0.25) is 0 Å². The molecule has 0 radical (unpaired) electrons. The number of carbonyl (C=O) groups excluding carboxylic acids is 1. The van der Waals surface area contributed by atoms with E-state index in [1.807, 2.05) is 48.6 Å². The van der Waals surface area contributed by atoms with Crippen LogP contribution >= 0.6 is 23.2 Å². The van der Waals surface area contributed by atoms with E-state index in [2.05, 4.69) is 0 Å². The van der Waals surface area contributed by atoms with Gasteiger partial charge in [0.25, 0.3) is 0 Å². The maximum absolute atomic E-state index is 12.3. The van der Waals surface area contributed by atoms with Crippen LogP contribution in [0.2, 0.25) is 10.0 Å². The number of carbonyl (C=O) groups is 1. The maximum atomic E-state index is 12.3. The summed E-state index contributed by atoms with van der Waals surface area (Å²) in [5.41, 5.74) is 2.32. The molecule has 0 fully saturated rings. The number of halogens is 2. The number of hydrogen-bond donors (Lipinski definition) is 0. The third-order valence-corrected chi connectivity index (χ3v) is 4.55. The molecule has 27 heavy (non-hydrogen) atoms. The van der Waals surface area contributed by atoms with Gasteiger partial charge in [-0.05, 0) is 41.5 Å². The summed E-state index contributed by atoms with van der Waals surface area (Å²) >= 11 is 11.8. The molecule has 5 heteroatoms. The predicted octanol–water partition coefficient (Wildman–Crippen LogP) is 6.39. The lowest BCUT2D eigenvalue weighted by molar-refractivity contribution is 0.0729. The van der Waals surface area contributed by atoms with Crippen molar-refractivity contribution in [3.8, 4) is 11.5 Å². The Balaban J connectivity index is 1.78. The van der Waals surface area contributed by atoms with Gasteiger partial charge in [-0.15, -0.1) is 0 Å². The number of benzene rings is 3. The van der Waals surface area contributed by atoms with Crippen molar-refractivity contribution < 1.29 is 14.3 Å². The van der Waals surface area contributed by atoms with Gasteiger partial charge in [-0.2, -0.15) is 0 Å². The lowest BCUT2D eigenvalue weighted by Crippen LogP contribution is -2.09. The number of ether oxygens (including phenoxy) is 2. The van der Waals surface area contributed by atoms with Crippen LogP contribution in [0, 0.1) is 0 Å². The zero-order chi connectivity index (χ0) is 19.2. The minimum atomic E-state index is -0.542. The van der Waals surface area contributed by atoms with Crippen molar-refractivity contribution in [1.82, 2.24) is 0 Å². The van der Waals surface area contributed by atoms with Crippen molar-refractivity contribution in [3.05, 3.63) is 93.5 Å². The van der Waals surface area contributed by atoms with Crippen molar-refractivity contribution in [2.45, 2.75) is 0 Å². The van der Waals surface area contributed by atoms with Crippen molar-refractivity contribution in [2.75, 3.05) is 7.11 Å². The molecule has 3 aromatic carbocycles. The summed E-state index contributed by atoms with van der Waals surface area (Å²) in [7, 11) is 1.52. The van der Waals surface area contributed by atoms with Gasteiger partial charge in [-0.25, -0.2) is 4.79 Å². The Kier molecular flexibility index (Phi) is 6.17. The second-order valence-corrected chi connectivity index (χ2v) is 6.49. The van der Waals surface area contributed by atoms with E-state index in [9.17, 15) is 4.79 Å². The predicted molar refractivity (Wildman–Crippen MR) is 110 cm³/mol. The summed E-state index contributed by atoms with van der Waals surface area (Å²) in [5, 5.41) is 0.667. The third-order valence-electron chi connectivity index (χ3n) is 3.81. The normalized spacial score (nSPS) is 10.8. The first-order valence-corrected chi connectivity index (χ1v) is 8.91. The lowest BCUT2D eigenvalue weighted by atomic mass is 10.1. The third kappa shape index (κ3) is 4.91. The van der Waals surface area contributed by atoms with E-state index >= 15 is 0 Å². The van der Waals surface area contributed by atoms with E-state index in [0.717, 1.165) is 11.1 Å². The SMILES string of the molecule is COc1cc(C=Cc2ccccc2)ccc1OC(=O)c1ccc(Cl)c(Cl)c1. The van der Waals surface area contributed by atoms with Gasteiger partial charge in [0.1, 0.15) is 0 Å². The van der Waals surface area contributed by atoms with E-state index in [1.165, 1.54) is 13.2 Å². The monoisotopic (exact) mass is 398 g/mol. The average Bonchev–Trinajstić information content (AvgIpc) is 2.70. The second kappa shape index (κ2) is 8.76. The maximum Gasteiger partial charge on any atom is 0.343 e. The molecule has 0 aliphatic carbocycles. The molecule has 0 N–H and O–H groups in total. The quantitative estimate of drug-likeness (QED) is 0.283. The molecule has 0 aliphatic heterocycles. The van der Waals surface area contributed by atoms with Crippen molar-refractivity contribution in [2.24, 2.45) is 0 Å². The molecule has 0 bridgehead atoms. The minimum absolute atomic E-state index is 0.291. The molecule has 0 unspecified atom stereocenters. The fraction of sp³-hybridized carbons (Fsp3) is 0.0455. The first-order valence-electron chi connectivity index (χ1n) is 8.15. The Morgan fingerprint density at radius 3 is 2.26 bits per heavy atom. The smallest absolute Gasteiger partial charge is 0.343 e. The highest BCUT2D eigenvalue weighted by Gasteiger charge is 2.14. The highest BCUT2D eigenvalue weighted by molar-refractivity contribution is 6.42. The fourth-order valence-corrected chi connectivity index (χ4v) is 2.71. The van der Waals surface area contributed by atoms with Crippen molar-refractivity contribution in [3.63, 3.8) is 0 Å². The Morgan fingerprint density at radius 1 is 0.815 bits per heavy atom. The fourth-order valence-electron chi connectivity index (χ4n) is 2.41. The van der Waals surface area contributed by atoms with E-state index in [-0.39, 0.29) is 0 Å².